The smallest absolute Gasteiger partial charge is 0.259 e. The molecule has 4 aromatic heterocycles. The Bertz CT molecular complexity index is 7360. The highest BCUT2D eigenvalue weighted by Crippen LogP contribution is 2.42. The molecule has 15 N–H and O–H groups in total. The number of hydrogen-bond acceptors (Lipinski definition) is 22. The molecular formula is C102H94F4I4N16O17. The molecule has 14 rings (SSSR count). The van der Waals surface area contributed by atoms with Crippen LogP contribution < -0.4 is 116 Å². The van der Waals surface area contributed by atoms with Gasteiger partial charge in [-0.15, -0.1) is 0 Å². The third-order valence-electron chi connectivity index (χ3n) is 21.5. The van der Waals surface area contributed by atoms with E-state index in [1.54, 1.807) is 163 Å². The van der Waals surface area contributed by atoms with Gasteiger partial charge in [0.1, 0.15) is 126 Å². The highest BCUT2D eigenvalue weighted by molar-refractivity contribution is 14.1. The Balaban J connectivity index is 0.000000183. The largest absolute Gasteiger partial charge is 0.497 e. The first-order chi connectivity index (χ1) is 67.9. The number of halogens is 8. The molecule has 4 heterocycles. The Labute approximate surface area is 870 Å². The lowest BCUT2D eigenvalue weighted by Gasteiger charge is -2.20. The van der Waals surface area contributed by atoms with E-state index >= 15 is 0 Å². The summed E-state index contributed by atoms with van der Waals surface area (Å²) in [4.78, 5) is 138. The van der Waals surface area contributed by atoms with Crippen molar-refractivity contribution in [2.75, 3.05) is 57.2 Å². The second-order valence-corrected chi connectivity index (χ2v) is 36.5. The third kappa shape index (κ3) is 27.7. The lowest BCUT2D eigenvalue weighted by atomic mass is 10.1. The summed E-state index contributed by atoms with van der Waals surface area (Å²) >= 11 is 7.93. The van der Waals surface area contributed by atoms with E-state index in [2.05, 4.69) is 47.9 Å². The van der Waals surface area contributed by atoms with Gasteiger partial charge in [0, 0.05) is 146 Å². The first-order valence-electron chi connectivity index (χ1n) is 42.9. The van der Waals surface area contributed by atoms with Crippen LogP contribution in [0.15, 0.2) is 238 Å². The molecule has 0 aliphatic rings. The molecule has 0 aliphatic carbocycles. The zero-order valence-electron chi connectivity index (χ0n) is 78.7. The number of aromatic nitrogens is 4. The van der Waals surface area contributed by atoms with Gasteiger partial charge in [0.25, 0.3) is 45.9 Å². The number of benzene rings is 10. The molecule has 740 valence electrons. The van der Waals surface area contributed by atoms with Crippen molar-refractivity contribution >= 4 is 200 Å². The quantitative estimate of drug-likeness (QED) is 0.0118. The SMILES string of the molecule is CC(=O)Nc1cccc(Oc2cc(=O)n(C)c(Nc3ccc(I)cc3F)c2C(N)=O)c1C.CC(=O)Nc1cccc(Oc2cc(=O)n(C)c(Nc3ccc(I)cc3F)c2C(N)=O)c1C.COc1ccc(CNC(=O)c2c(Oc3cccc(N)c3C)cc(=O)n(C)c2Nc2ccc(I)cc2F)cc1.COc1ccc(CNC(=O)c2c(Oc3cccc(NC(C)=O)c3C)cc(=O)n(C)c2Nc2ccc(I)cc2F)cc1. The number of nitrogens with zero attached hydrogens (tertiary/aromatic N) is 4. The number of primary amides is 2. The van der Waals surface area contributed by atoms with Crippen LogP contribution >= 0.6 is 90.4 Å². The Morgan fingerprint density at radius 1 is 0.322 bits per heavy atom. The molecule has 0 bridgehead atoms. The fourth-order valence-corrected chi connectivity index (χ4v) is 15.6. The van der Waals surface area contributed by atoms with Crippen molar-refractivity contribution in [2.24, 2.45) is 39.7 Å². The molecule has 7 amide bonds. The highest BCUT2D eigenvalue weighted by Gasteiger charge is 2.30. The first kappa shape index (κ1) is 108. The van der Waals surface area contributed by atoms with E-state index in [1.807, 2.05) is 115 Å². The Morgan fingerprint density at radius 3 is 0.811 bits per heavy atom. The van der Waals surface area contributed by atoms with Crippen LogP contribution in [-0.2, 0) is 55.7 Å². The number of hydrogen-bond donors (Lipinski definition) is 12. The number of rotatable bonds is 29. The molecule has 33 nitrogen and oxygen atoms in total. The standard InChI is InChI=1S/C30H28FIN4O5.C28H26FIN4O4.2C22H20FIN4O4/c1-17-23(34-18(2)37)6-5-7-25(17)41-26-15-27(38)36(3)29(35-24-13-10-20(32)14-22(24)31)28(26)30(39)33-16-19-8-11-21(40-4)12-9-19;1-16-21(31)5-4-6-23(16)38-24-14-25(35)34(2)27(33-22-12-9-18(30)13-20(22)29)26(24)28(36)32-15-17-7-10-19(37-3)11-8-17;2*1-11-15(26-12(2)29)5-4-6-17(11)32-18-10-19(30)28(3)22(20(18)21(25)31)27-16-8-7-13(24)9-14(16)23/h5-15,35H,16H2,1-4H3,(H,33,39)(H,34,37);4-14,33H,15,31H2,1-3H3,(H,32,36);2*4-10,27H,1-3H3,(H2,25,31)(H,26,29). The minimum atomic E-state index is -0.875. The van der Waals surface area contributed by atoms with Crippen molar-refractivity contribution in [1.29, 1.82) is 0 Å². The molecule has 0 atom stereocenters. The second kappa shape index (κ2) is 48.7. The van der Waals surface area contributed by atoms with Crippen LogP contribution in [0.25, 0.3) is 0 Å². The molecule has 0 saturated heterocycles. The number of methoxy groups -OCH3 is 2. The Hall–Kier alpha value is -15.3. The van der Waals surface area contributed by atoms with Crippen LogP contribution in [-0.4, -0.2) is 73.8 Å². The zero-order valence-corrected chi connectivity index (χ0v) is 87.3. The minimum absolute atomic E-state index is 0.00227. The van der Waals surface area contributed by atoms with Gasteiger partial charge in [-0.1, -0.05) is 48.5 Å². The predicted octanol–water partition coefficient (Wildman–Crippen LogP) is 19.4. The zero-order chi connectivity index (χ0) is 104. The van der Waals surface area contributed by atoms with Gasteiger partial charge in [-0.2, -0.15) is 0 Å². The summed E-state index contributed by atoms with van der Waals surface area (Å²) in [6, 6.07) is 57.3. The molecule has 0 radical (unpaired) electrons. The fourth-order valence-electron chi connectivity index (χ4n) is 13.8. The second-order valence-electron chi connectivity index (χ2n) is 31.5. The molecule has 0 fully saturated rings. The monoisotopic (exact) mass is 2400 g/mol. The third-order valence-corrected chi connectivity index (χ3v) is 24.2. The average molecular weight is 2400 g/mol. The van der Waals surface area contributed by atoms with E-state index in [-0.39, 0.29) is 122 Å². The van der Waals surface area contributed by atoms with Gasteiger partial charge in [0.05, 0.1) is 37.0 Å². The number of carbonyl (C=O) groups is 7. The number of ether oxygens (including phenoxy) is 6. The van der Waals surface area contributed by atoms with Crippen LogP contribution in [0.3, 0.4) is 0 Å². The summed E-state index contributed by atoms with van der Waals surface area (Å²) < 4.78 is 100. The topological polar surface area (TPSA) is 449 Å². The molecule has 0 aliphatic heterocycles. The number of pyridine rings is 4. The molecule has 41 heteroatoms. The summed E-state index contributed by atoms with van der Waals surface area (Å²) in [5.41, 5.74) is 21.4. The molecule has 10 aromatic carbocycles. The van der Waals surface area contributed by atoms with Crippen LogP contribution in [0.1, 0.15) is 95.6 Å². The normalized spacial score (nSPS) is 10.6. The maximum absolute atomic E-state index is 14.9. The van der Waals surface area contributed by atoms with Crippen LogP contribution in [0.2, 0.25) is 0 Å². The molecule has 0 saturated carbocycles. The maximum atomic E-state index is 14.9. The minimum Gasteiger partial charge on any atom is -0.497 e. The van der Waals surface area contributed by atoms with Gasteiger partial charge >= 0.3 is 0 Å². The van der Waals surface area contributed by atoms with Gasteiger partial charge in [0.2, 0.25) is 17.7 Å². The first-order valence-corrected chi connectivity index (χ1v) is 47.2. The number of nitrogen functional groups attached to an aromatic ring is 1. The van der Waals surface area contributed by atoms with Crippen molar-refractivity contribution in [3.05, 3.63) is 353 Å². The van der Waals surface area contributed by atoms with Gasteiger partial charge in [-0.3, -0.25) is 71.0 Å². The lowest BCUT2D eigenvalue weighted by Crippen LogP contribution is -2.29. The summed E-state index contributed by atoms with van der Waals surface area (Å²) in [7, 11) is 8.96. The van der Waals surface area contributed by atoms with E-state index in [1.165, 1.54) is 119 Å². The summed E-state index contributed by atoms with van der Waals surface area (Å²) in [5, 5.41) is 25.2. The molecule has 0 spiro atoms. The van der Waals surface area contributed by atoms with Crippen LogP contribution in [0.5, 0.6) is 57.5 Å². The lowest BCUT2D eigenvalue weighted by molar-refractivity contribution is -0.115. The van der Waals surface area contributed by atoms with Crippen molar-refractivity contribution in [1.82, 2.24) is 28.9 Å². The Morgan fingerprint density at radius 2 is 0.566 bits per heavy atom. The highest BCUT2D eigenvalue weighted by atomic mass is 127. The van der Waals surface area contributed by atoms with Crippen molar-refractivity contribution in [3.63, 3.8) is 0 Å². The molecule has 143 heavy (non-hydrogen) atoms. The Kier molecular flexibility index (Phi) is 36.9. The van der Waals surface area contributed by atoms with E-state index in [0.29, 0.717) is 93.8 Å². The maximum Gasteiger partial charge on any atom is 0.259 e. The van der Waals surface area contributed by atoms with Gasteiger partial charge in [-0.05, 0) is 275 Å². The predicted molar refractivity (Wildman–Crippen MR) is 574 cm³/mol. The van der Waals surface area contributed by atoms with Crippen molar-refractivity contribution < 1.29 is 79.5 Å². The van der Waals surface area contributed by atoms with E-state index in [0.717, 1.165) is 32.4 Å². The van der Waals surface area contributed by atoms with Crippen LogP contribution in [0.4, 0.5) is 86.3 Å². The van der Waals surface area contributed by atoms with E-state index in [4.69, 9.17) is 45.6 Å². The number of nitrogens with two attached hydrogens (primary N) is 3. The van der Waals surface area contributed by atoms with Gasteiger partial charge in [-0.25, -0.2) is 17.6 Å². The summed E-state index contributed by atoms with van der Waals surface area (Å²) in [6.07, 6.45) is 0. The number of anilines is 12. The van der Waals surface area contributed by atoms with Crippen molar-refractivity contribution in [2.45, 2.75) is 61.6 Å². The molecule has 14 aromatic rings. The van der Waals surface area contributed by atoms with Gasteiger partial charge in [0.15, 0.2) is 0 Å². The molecule has 0 unspecified atom stereocenters. The number of carbonyl (C=O) groups excluding carboxylic acids is 7. The molecular weight excluding hydrogens is 2300 g/mol. The fraction of sp³-hybridized carbons (Fsp3) is 0.147. The number of nitrogens with one attached hydrogen (secondary N) is 9. The number of amides is 7. The van der Waals surface area contributed by atoms with E-state index < -0.39 is 69.1 Å². The van der Waals surface area contributed by atoms with Crippen molar-refractivity contribution in [3.8, 4) is 57.5 Å². The van der Waals surface area contributed by atoms with E-state index in [9.17, 15) is 70.3 Å². The average Bonchev–Trinajstić information content (AvgIpc) is 0.791. The summed E-state index contributed by atoms with van der Waals surface area (Å²) in [5.74, 6) is -3.33. The summed E-state index contributed by atoms with van der Waals surface area (Å²) in [6.45, 7) is 11.4. The van der Waals surface area contributed by atoms with Gasteiger partial charge < -0.3 is 93.5 Å². The van der Waals surface area contributed by atoms with Crippen LogP contribution in [0, 0.1) is 65.2 Å².